The molecule has 0 unspecified atom stereocenters. The predicted molar refractivity (Wildman–Crippen MR) is 127 cm³/mol. The van der Waals surface area contributed by atoms with Crippen LogP contribution in [0.1, 0.15) is 29.7 Å². The third-order valence-corrected chi connectivity index (χ3v) is 6.12. The Morgan fingerprint density at radius 3 is 2.63 bits per heavy atom. The third kappa shape index (κ3) is 5.04. The maximum Gasteiger partial charge on any atom is 0.416 e. The number of benzene rings is 1. The standard InChI is InChI=1S/C24H24F3N7O/c1-13-18(4-5-20(30-13)31-16-6-8-28-9-7-16)33-23-29-12-14-10-21(35)32-19-11-15(24(25,26)27)2-3-17(19)22(14)34-23/h2-5,11-12,16,28H,6-10H2,1H3,(H,30,31)(H,32,35)(H,29,33,34). The SMILES string of the molecule is Cc1nc(NC2CCNCC2)ccc1Nc1ncc2c(n1)-c1ccc(C(F)(F)F)cc1NC(=O)C2. The minimum absolute atomic E-state index is 0.0384. The van der Waals surface area contributed by atoms with Crippen LogP contribution in [0.5, 0.6) is 0 Å². The first-order valence-electron chi connectivity index (χ1n) is 11.4. The molecule has 2 aliphatic heterocycles. The number of carbonyl (C=O) groups excluding carboxylic acids is 1. The average Bonchev–Trinajstić information content (AvgIpc) is 2.95. The monoisotopic (exact) mass is 483 g/mol. The Morgan fingerprint density at radius 1 is 1.09 bits per heavy atom. The molecule has 0 bridgehead atoms. The van der Waals surface area contributed by atoms with E-state index in [0.717, 1.165) is 49.6 Å². The molecule has 4 heterocycles. The Bertz CT molecular complexity index is 1270. The second-order valence-corrected chi connectivity index (χ2v) is 8.67. The molecule has 0 radical (unpaired) electrons. The van der Waals surface area contributed by atoms with E-state index >= 15 is 0 Å². The molecule has 1 amide bonds. The number of fused-ring (bicyclic) bond motifs is 3. The number of rotatable bonds is 4. The summed E-state index contributed by atoms with van der Waals surface area (Å²) in [5.41, 5.74) is 2.01. The van der Waals surface area contributed by atoms with Crippen LogP contribution in [0.3, 0.4) is 0 Å². The molecular weight excluding hydrogens is 459 g/mol. The molecule has 1 saturated heterocycles. The van der Waals surface area contributed by atoms with E-state index in [0.29, 0.717) is 28.6 Å². The first kappa shape index (κ1) is 23.0. The summed E-state index contributed by atoms with van der Waals surface area (Å²) in [5.74, 6) is 0.625. The van der Waals surface area contributed by atoms with E-state index in [4.69, 9.17) is 0 Å². The summed E-state index contributed by atoms with van der Waals surface area (Å²) in [7, 11) is 0. The molecule has 3 aromatic rings. The Morgan fingerprint density at radius 2 is 1.89 bits per heavy atom. The van der Waals surface area contributed by atoms with E-state index in [2.05, 4.69) is 36.2 Å². The van der Waals surface area contributed by atoms with Crippen LogP contribution in [-0.4, -0.2) is 40.0 Å². The first-order chi connectivity index (χ1) is 16.8. The van der Waals surface area contributed by atoms with Gasteiger partial charge in [-0.2, -0.15) is 13.2 Å². The first-order valence-corrected chi connectivity index (χ1v) is 11.4. The number of amides is 1. The van der Waals surface area contributed by atoms with Crippen molar-refractivity contribution in [2.24, 2.45) is 0 Å². The topological polar surface area (TPSA) is 104 Å². The fraction of sp³-hybridized carbons (Fsp3) is 0.333. The number of anilines is 4. The fourth-order valence-corrected chi connectivity index (χ4v) is 4.30. The zero-order valence-electron chi connectivity index (χ0n) is 19.0. The van der Waals surface area contributed by atoms with Gasteiger partial charge in [-0.25, -0.2) is 15.0 Å². The molecule has 5 rings (SSSR count). The number of alkyl halides is 3. The molecule has 0 saturated carbocycles. The number of piperidine rings is 1. The summed E-state index contributed by atoms with van der Waals surface area (Å²) in [6.07, 6.45) is -0.969. The highest BCUT2D eigenvalue weighted by atomic mass is 19.4. The largest absolute Gasteiger partial charge is 0.416 e. The zero-order valence-corrected chi connectivity index (χ0v) is 19.0. The Hall–Kier alpha value is -3.73. The molecule has 1 fully saturated rings. The molecule has 1 aromatic carbocycles. The normalized spacial score (nSPS) is 16.1. The molecule has 2 aliphatic rings. The van der Waals surface area contributed by atoms with Gasteiger partial charge in [0.05, 0.1) is 34.7 Å². The Kier molecular flexibility index (Phi) is 6.01. The van der Waals surface area contributed by atoms with Crippen LogP contribution in [0.2, 0.25) is 0 Å². The molecule has 0 aliphatic carbocycles. The molecular formula is C24H24F3N7O. The summed E-state index contributed by atoms with van der Waals surface area (Å²) in [4.78, 5) is 25.8. The zero-order chi connectivity index (χ0) is 24.6. The summed E-state index contributed by atoms with van der Waals surface area (Å²) >= 11 is 0. The molecule has 0 spiro atoms. The molecule has 8 nitrogen and oxygen atoms in total. The van der Waals surface area contributed by atoms with Gasteiger partial charge in [-0.15, -0.1) is 0 Å². The van der Waals surface area contributed by atoms with E-state index in [1.54, 1.807) is 0 Å². The van der Waals surface area contributed by atoms with E-state index in [1.807, 2.05) is 19.1 Å². The van der Waals surface area contributed by atoms with Crippen LogP contribution < -0.4 is 21.3 Å². The van der Waals surface area contributed by atoms with Crippen molar-refractivity contribution in [3.8, 4) is 11.3 Å². The lowest BCUT2D eigenvalue weighted by Crippen LogP contribution is -2.35. The number of nitrogens with zero attached hydrogens (tertiary/aromatic N) is 3. The van der Waals surface area contributed by atoms with E-state index in [-0.39, 0.29) is 18.1 Å². The van der Waals surface area contributed by atoms with Crippen molar-refractivity contribution >= 4 is 29.0 Å². The lowest BCUT2D eigenvalue weighted by atomic mass is 10.0. The lowest BCUT2D eigenvalue weighted by molar-refractivity contribution is -0.137. The molecule has 4 N–H and O–H groups in total. The molecule has 0 atom stereocenters. The highest BCUT2D eigenvalue weighted by molar-refractivity contribution is 6.00. The van der Waals surface area contributed by atoms with E-state index in [9.17, 15) is 18.0 Å². The van der Waals surface area contributed by atoms with Gasteiger partial charge in [0.2, 0.25) is 11.9 Å². The van der Waals surface area contributed by atoms with Crippen molar-refractivity contribution in [3.63, 3.8) is 0 Å². The molecule has 35 heavy (non-hydrogen) atoms. The van der Waals surface area contributed by atoms with Crippen LogP contribution in [-0.2, 0) is 17.4 Å². The number of aryl methyl sites for hydroxylation is 1. The fourth-order valence-electron chi connectivity index (χ4n) is 4.30. The second kappa shape index (κ2) is 9.14. The van der Waals surface area contributed by atoms with Crippen LogP contribution in [0, 0.1) is 6.92 Å². The number of carbonyl (C=O) groups is 1. The number of nitrogens with one attached hydrogen (secondary N) is 4. The van der Waals surface area contributed by atoms with Crippen LogP contribution in [0.25, 0.3) is 11.3 Å². The van der Waals surface area contributed by atoms with Crippen LogP contribution >= 0.6 is 0 Å². The van der Waals surface area contributed by atoms with Gasteiger partial charge in [0.1, 0.15) is 5.82 Å². The van der Waals surface area contributed by atoms with Gasteiger partial charge in [-0.05, 0) is 57.1 Å². The van der Waals surface area contributed by atoms with Gasteiger partial charge in [0, 0.05) is 23.4 Å². The molecule has 11 heteroatoms. The van der Waals surface area contributed by atoms with Crippen LogP contribution in [0.15, 0.2) is 36.5 Å². The summed E-state index contributed by atoms with van der Waals surface area (Å²) < 4.78 is 39.6. The number of aromatic nitrogens is 3. The smallest absolute Gasteiger partial charge is 0.367 e. The number of hydrogen-bond acceptors (Lipinski definition) is 7. The van der Waals surface area contributed by atoms with Crippen molar-refractivity contribution in [2.75, 3.05) is 29.0 Å². The summed E-state index contributed by atoms with van der Waals surface area (Å²) in [5, 5.41) is 12.5. The molecule has 2 aromatic heterocycles. The maximum absolute atomic E-state index is 13.2. The van der Waals surface area contributed by atoms with Gasteiger partial charge in [0.15, 0.2) is 0 Å². The van der Waals surface area contributed by atoms with Crippen molar-refractivity contribution in [1.29, 1.82) is 0 Å². The summed E-state index contributed by atoms with van der Waals surface area (Å²) in [6.45, 7) is 3.83. The second-order valence-electron chi connectivity index (χ2n) is 8.67. The molecule has 182 valence electrons. The quantitative estimate of drug-likeness (QED) is 0.440. The van der Waals surface area contributed by atoms with Crippen molar-refractivity contribution < 1.29 is 18.0 Å². The minimum atomic E-state index is -4.52. The average molecular weight is 483 g/mol. The lowest BCUT2D eigenvalue weighted by Gasteiger charge is -2.24. The van der Waals surface area contributed by atoms with Crippen LogP contribution in [0.4, 0.5) is 36.3 Å². The van der Waals surface area contributed by atoms with Gasteiger partial charge in [-0.3, -0.25) is 4.79 Å². The van der Waals surface area contributed by atoms with Crippen molar-refractivity contribution in [1.82, 2.24) is 20.3 Å². The van der Waals surface area contributed by atoms with E-state index < -0.39 is 17.6 Å². The highest BCUT2D eigenvalue weighted by Gasteiger charge is 2.32. The van der Waals surface area contributed by atoms with Crippen molar-refractivity contribution in [3.05, 3.63) is 53.3 Å². The Balaban J connectivity index is 1.41. The number of halogens is 3. The number of pyridine rings is 1. The predicted octanol–water partition coefficient (Wildman–Crippen LogP) is 4.27. The Labute approximate surface area is 199 Å². The maximum atomic E-state index is 13.2. The third-order valence-electron chi connectivity index (χ3n) is 6.12. The minimum Gasteiger partial charge on any atom is -0.367 e. The van der Waals surface area contributed by atoms with Gasteiger partial charge in [-0.1, -0.05) is 6.07 Å². The van der Waals surface area contributed by atoms with E-state index in [1.165, 1.54) is 12.3 Å². The number of hydrogen-bond donors (Lipinski definition) is 4. The highest BCUT2D eigenvalue weighted by Crippen LogP contribution is 2.38. The van der Waals surface area contributed by atoms with Gasteiger partial charge in [0.25, 0.3) is 0 Å². The van der Waals surface area contributed by atoms with Gasteiger partial charge < -0.3 is 21.3 Å². The van der Waals surface area contributed by atoms with Gasteiger partial charge >= 0.3 is 6.18 Å². The van der Waals surface area contributed by atoms with Crippen molar-refractivity contribution in [2.45, 2.75) is 38.4 Å². The summed E-state index contributed by atoms with van der Waals surface area (Å²) in [6, 6.07) is 7.39.